The highest BCUT2D eigenvalue weighted by Crippen LogP contribution is 2.34. The fourth-order valence-corrected chi connectivity index (χ4v) is 1.64. The summed E-state index contributed by atoms with van der Waals surface area (Å²) in [7, 11) is 1.62. The van der Waals surface area contributed by atoms with Crippen molar-refractivity contribution in [3.63, 3.8) is 0 Å². The van der Waals surface area contributed by atoms with Crippen molar-refractivity contribution >= 4 is 0 Å². The minimum atomic E-state index is 0.167. The molecule has 0 saturated carbocycles. The molecule has 0 aliphatic carbocycles. The fourth-order valence-electron chi connectivity index (χ4n) is 1.64. The Labute approximate surface area is 77.6 Å². The highest BCUT2D eigenvalue weighted by molar-refractivity contribution is 5.45. The second kappa shape index (κ2) is 3.36. The first-order valence-corrected chi connectivity index (χ1v) is 4.33. The molecule has 13 heavy (non-hydrogen) atoms. The number of para-hydroxylation sites is 1. The van der Waals surface area contributed by atoms with Crippen LogP contribution in [0.4, 0.5) is 0 Å². The molecule has 1 aliphatic heterocycles. The molecule has 70 valence electrons. The van der Waals surface area contributed by atoms with E-state index >= 15 is 0 Å². The molecule has 1 aliphatic rings. The molecule has 0 spiro atoms. The predicted octanol–water partition coefficient (Wildman–Crippen LogP) is 1.58. The highest BCUT2D eigenvalue weighted by Gasteiger charge is 2.24. The van der Waals surface area contributed by atoms with Gasteiger partial charge in [0, 0.05) is 5.56 Å². The van der Waals surface area contributed by atoms with E-state index in [1.54, 1.807) is 7.11 Å². The largest absolute Gasteiger partial charge is 0.491 e. The van der Waals surface area contributed by atoms with Crippen LogP contribution in [-0.4, -0.2) is 13.7 Å². The maximum Gasteiger partial charge on any atom is 0.127 e. The topological polar surface area (TPSA) is 30.5 Å². The molecule has 0 aromatic heterocycles. The van der Waals surface area contributed by atoms with Crippen molar-refractivity contribution < 1.29 is 9.57 Å². The quantitative estimate of drug-likeness (QED) is 0.699. The summed E-state index contributed by atoms with van der Waals surface area (Å²) in [5, 5.41) is 0. The first kappa shape index (κ1) is 8.53. The number of fused-ring (bicyclic) bond motifs is 1. The number of nitrogens with one attached hydrogen (secondary N) is 1. The van der Waals surface area contributed by atoms with Gasteiger partial charge in [-0.05, 0) is 12.5 Å². The number of hydrogen-bond donors (Lipinski definition) is 1. The van der Waals surface area contributed by atoms with Gasteiger partial charge in [0.05, 0.1) is 13.2 Å². The molecule has 1 N–H and O–H groups in total. The van der Waals surface area contributed by atoms with Crippen molar-refractivity contribution in [3.05, 3.63) is 29.3 Å². The van der Waals surface area contributed by atoms with Crippen LogP contribution in [0.1, 0.15) is 17.2 Å². The first-order chi connectivity index (χ1) is 6.33. The van der Waals surface area contributed by atoms with Crippen LogP contribution >= 0.6 is 0 Å². The number of ether oxygens (including phenoxy) is 1. The van der Waals surface area contributed by atoms with Gasteiger partial charge in [-0.3, -0.25) is 0 Å². The molecule has 0 bridgehead atoms. The second-order valence-corrected chi connectivity index (χ2v) is 3.18. The third-order valence-corrected chi connectivity index (χ3v) is 2.27. The Morgan fingerprint density at radius 2 is 2.38 bits per heavy atom. The van der Waals surface area contributed by atoms with Crippen LogP contribution in [0.25, 0.3) is 0 Å². The van der Waals surface area contributed by atoms with E-state index in [9.17, 15) is 0 Å². The number of hydrogen-bond acceptors (Lipinski definition) is 3. The second-order valence-electron chi connectivity index (χ2n) is 3.18. The van der Waals surface area contributed by atoms with Crippen molar-refractivity contribution in [1.82, 2.24) is 5.48 Å². The minimum Gasteiger partial charge on any atom is -0.491 e. The van der Waals surface area contributed by atoms with Gasteiger partial charge < -0.3 is 9.57 Å². The first-order valence-electron chi connectivity index (χ1n) is 4.33. The third-order valence-electron chi connectivity index (χ3n) is 2.27. The van der Waals surface area contributed by atoms with E-state index < -0.39 is 0 Å². The van der Waals surface area contributed by atoms with Crippen molar-refractivity contribution in [1.29, 1.82) is 0 Å². The van der Waals surface area contributed by atoms with Gasteiger partial charge in [0.15, 0.2) is 0 Å². The molecule has 1 unspecified atom stereocenters. The average molecular weight is 179 g/mol. The molecular weight excluding hydrogens is 166 g/mol. The Balaban J connectivity index is 2.32. The van der Waals surface area contributed by atoms with Gasteiger partial charge in [-0.15, -0.1) is 0 Å². The molecule has 1 heterocycles. The summed E-state index contributed by atoms with van der Waals surface area (Å²) >= 11 is 0. The maximum atomic E-state index is 5.55. The Morgan fingerprint density at radius 1 is 1.54 bits per heavy atom. The molecule has 0 amide bonds. The zero-order chi connectivity index (χ0) is 9.26. The van der Waals surface area contributed by atoms with Crippen LogP contribution in [0.3, 0.4) is 0 Å². The van der Waals surface area contributed by atoms with Gasteiger partial charge in [0.2, 0.25) is 0 Å². The van der Waals surface area contributed by atoms with E-state index in [2.05, 4.69) is 11.5 Å². The van der Waals surface area contributed by atoms with Gasteiger partial charge in [-0.2, -0.15) is 5.48 Å². The normalized spacial score (nSPS) is 19.7. The summed E-state index contributed by atoms with van der Waals surface area (Å²) in [4.78, 5) is 4.89. The van der Waals surface area contributed by atoms with Crippen molar-refractivity contribution in [2.24, 2.45) is 0 Å². The molecule has 3 nitrogen and oxygen atoms in total. The lowest BCUT2D eigenvalue weighted by Gasteiger charge is -2.08. The summed E-state index contributed by atoms with van der Waals surface area (Å²) in [5.74, 6) is 0.997. The van der Waals surface area contributed by atoms with Gasteiger partial charge >= 0.3 is 0 Å². The number of hydroxylamine groups is 1. The third kappa shape index (κ3) is 1.41. The molecular formula is C10H13NO2. The fraction of sp³-hybridized carbons (Fsp3) is 0.400. The monoisotopic (exact) mass is 179 g/mol. The standard InChI is InChI=1S/C10H13NO2/c1-7-4-3-5-8-9(11-12-2)6-13-10(7)8/h3-5,9,11H,6H2,1-2H3. The summed E-state index contributed by atoms with van der Waals surface area (Å²) in [6, 6.07) is 6.31. The van der Waals surface area contributed by atoms with Crippen LogP contribution in [0.2, 0.25) is 0 Å². The molecule has 1 aromatic carbocycles. The predicted molar refractivity (Wildman–Crippen MR) is 49.6 cm³/mol. The van der Waals surface area contributed by atoms with Crippen molar-refractivity contribution in [2.45, 2.75) is 13.0 Å². The van der Waals surface area contributed by atoms with Crippen molar-refractivity contribution in [2.75, 3.05) is 13.7 Å². The van der Waals surface area contributed by atoms with E-state index in [1.165, 1.54) is 11.1 Å². The molecule has 2 rings (SSSR count). The number of rotatable bonds is 2. The average Bonchev–Trinajstić information content (AvgIpc) is 2.51. The van der Waals surface area contributed by atoms with Crippen molar-refractivity contribution in [3.8, 4) is 5.75 Å². The molecule has 0 radical (unpaired) electrons. The van der Waals surface area contributed by atoms with Gasteiger partial charge in [-0.25, -0.2) is 0 Å². The summed E-state index contributed by atoms with van der Waals surface area (Å²) in [6.45, 7) is 2.70. The lowest BCUT2D eigenvalue weighted by molar-refractivity contribution is 0.0536. The van der Waals surface area contributed by atoms with Crippen LogP contribution in [0, 0.1) is 6.92 Å². The Bertz CT molecular complexity index is 312. The van der Waals surface area contributed by atoms with E-state index in [0.29, 0.717) is 6.61 Å². The zero-order valence-electron chi connectivity index (χ0n) is 7.83. The van der Waals surface area contributed by atoms with Crippen LogP contribution < -0.4 is 10.2 Å². The summed E-state index contributed by atoms with van der Waals surface area (Å²) < 4.78 is 5.55. The van der Waals surface area contributed by atoms with E-state index in [-0.39, 0.29) is 6.04 Å². The lowest BCUT2D eigenvalue weighted by Crippen LogP contribution is -2.20. The summed E-state index contributed by atoms with van der Waals surface area (Å²) in [5.41, 5.74) is 5.26. The smallest absolute Gasteiger partial charge is 0.127 e. The Kier molecular flexibility index (Phi) is 2.20. The van der Waals surface area contributed by atoms with Gasteiger partial charge in [0.25, 0.3) is 0 Å². The molecule has 0 fully saturated rings. The lowest BCUT2D eigenvalue weighted by atomic mass is 10.1. The van der Waals surface area contributed by atoms with E-state index in [0.717, 1.165) is 5.75 Å². The zero-order valence-corrected chi connectivity index (χ0v) is 7.83. The van der Waals surface area contributed by atoms with Gasteiger partial charge in [0.1, 0.15) is 12.4 Å². The molecule has 1 aromatic rings. The number of benzene rings is 1. The maximum absolute atomic E-state index is 5.55. The molecule has 0 saturated heterocycles. The van der Waals surface area contributed by atoms with Crippen LogP contribution in [0.15, 0.2) is 18.2 Å². The van der Waals surface area contributed by atoms with Crippen LogP contribution in [0.5, 0.6) is 5.75 Å². The minimum absolute atomic E-state index is 0.167. The SMILES string of the molecule is CONC1COc2c(C)cccc21. The Hall–Kier alpha value is -1.06. The van der Waals surface area contributed by atoms with E-state index in [1.807, 2.05) is 19.1 Å². The Morgan fingerprint density at radius 3 is 3.15 bits per heavy atom. The highest BCUT2D eigenvalue weighted by atomic mass is 16.6. The molecule has 3 heteroatoms. The van der Waals surface area contributed by atoms with Crippen LogP contribution in [-0.2, 0) is 4.84 Å². The number of aryl methyl sites for hydroxylation is 1. The summed E-state index contributed by atoms with van der Waals surface area (Å²) in [6.07, 6.45) is 0. The molecule has 1 atom stereocenters. The van der Waals surface area contributed by atoms with E-state index in [4.69, 9.17) is 9.57 Å². The van der Waals surface area contributed by atoms with Gasteiger partial charge in [-0.1, -0.05) is 18.2 Å².